The number of hydrogen-bond acceptors (Lipinski definition) is 2. The summed E-state index contributed by atoms with van der Waals surface area (Å²) in [5.74, 6) is 3.03. The molecule has 0 fully saturated rings. The van der Waals surface area contributed by atoms with E-state index in [0.717, 1.165) is 0 Å². The van der Waals surface area contributed by atoms with Gasteiger partial charge in [-0.1, -0.05) is 11.8 Å². The Hall–Kier alpha value is -0.110. The summed E-state index contributed by atoms with van der Waals surface area (Å²) in [5, 5.41) is 2.07. The molecule has 0 aromatic carbocycles. The minimum atomic E-state index is 1.27. The van der Waals surface area contributed by atoms with Crippen LogP contribution in [-0.4, -0.2) is 11.9 Å². The summed E-state index contributed by atoms with van der Waals surface area (Å²) in [6.07, 6.45) is 0. The highest BCUT2D eigenvalue weighted by atomic mass is 32.2. The molecule has 0 saturated carbocycles. The Morgan fingerprint density at radius 3 is 2.71 bits per heavy atom. The van der Waals surface area contributed by atoms with Gasteiger partial charge >= 0.3 is 0 Å². The van der Waals surface area contributed by atoms with Gasteiger partial charge in [0.1, 0.15) is 0 Å². The van der Waals surface area contributed by atoms with Crippen LogP contribution in [0.3, 0.4) is 0 Å². The fraction of sp³-hybridized carbons (Fsp3) is 0.400. The van der Waals surface area contributed by atoms with E-state index in [1.54, 1.807) is 11.8 Å². The Morgan fingerprint density at radius 1 is 1.86 bits per heavy atom. The van der Waals surface area contributed by atoms with Crippen LogP contribution in [0.15, 0.2) is 11.1 Å². The normalized spacial score (nSPS) is 20.3. The zero-order valence-electron chi connectivity index (χ0n) is 4.43. The summed E-state index contributed by atoms with van der Waals surface area (Å²) in [5.41, 5.74) is 1.27. The second kappa shape index (κ2) is 1.78. The second-order valence-electron chi connectivity index (χ2n) is 1.53. The van der Waals surface area contributed by atoms with Gasteiger partial charge in [-0.05, 0) is 12.3 Å². The number of thioether (sulfide) groups is 1. The van der Waals surface area contributed by atoms with E-state index in [-0.39, 0.29) is 0 Å². The van der Waals surface area contributed by atoms with E-state index in [0.29, 0.717) is 0 Å². The van der Waals surface area contributed by atoms with Crippen LogP contribution in [0.5, 0.6) is 0 Å². The lowest BCUT2D eigenvalue weighted by atomic mass is 10.5. The van der Waals surface area contributed by atoms with Crippen LogP contribution in [0.1, 0.15) is 6.92 Å². The first-order chi connectivity index (χ1) is 3.30. The van der Waals surface area contributed by atoms with Gasteiger partial charge in [-0.15, -0.1) is 0 Å². The van der Waals surface area contributed by atoms with Gasteiger partial charge in [0.2, 0.25) is 0 Å². The molecule has 0 amide bonds. The lowest BCUT2D eigenvalue weighted by Gasteiger charge is -2.07. The average molecular weight is 113 g/mol. The van der Waals surface area contributed by atoms with Gasteiger partial charge in [0, 0.05) is 12.7 Å². The number of nitrogens with zero attached hydrogens (tertiary/aromatic N) is 1. The molecule has 2 heteroatoms. The Morgan fingerprint density at radius 2 is 2.57 bits per heavy atom. The van der Waals surface area contributed by atoms with Crippen molar-refractivity contribution in [3.8, 4) is 0 Å². The van der Waals surface area contributed by atoms with Crippen molar-refractivity contribution >= 4 is 11.8 Å². The van der Waals surface area contributed by atoms with Crippen LogP contribution < -0.4 is 0 Å². The van der Waals surface area contributed by atoms with Crippen LogP contribution in [0.2, 0.25) is 0 Å². The molecule has 38 valence electrons. The van der Waals surface area contributed by atoms with Crippen molar-refractivity contribution in [1.82, 2.24) is 4.90 Å². The van der Waals surface area contributed by atoms with Crippen molar-refractivity contribution in [3.05, 3.63) is 17.0 Å². The first-order valence-corrected chi connectivity index (χ1v) is 3.00. The Balaban J connectivity index is 2.54. The van der Waals surface area contributed by atoms with Gasteiger partial charge in [-0.3, -0.25) is 0 Å². The highest BCUT2D eigenvalue weighted by Crippen LogP contribution is 2.23. The minimum Gasteiger partial charge on any atom is -0.357 e. The molecule has 0 spiro atoms. The highest BCUT2D eigenvalue weighted by Gasteiger charge is 2.05. The van der Waals surface area contributed by atoms with Crippen LogP contribution in [0.25, 0.3) is 0 Å². The van der Waals surface area contributed by atoms with E-state index in [1.165, 1.54) is 5.70 Å². The average Bonchev–Trinajstić information content (AvgIpc) is 1.91. The molecular formula is C5H7NS. The Kier molecular flexibility index (Phi) is 1.28. The third-order valence-electron chi connectivity index (χ3n) is 0.948. The van der Waals surface area contributed by atoms with Crippen molar-refractivity contribution in [1.29, 1.82) is 0 Å². The predicted octanol–water partition coefficient (Wildman–Crippen LogP) is 1.52. The van der Waals surface area contributed by atoms with E-state index in [2.05, 4.69) is 18.2 Å². The molecule has 0 saturated heterocycles. The van der Waals surface area contributed by atoms with E-state index in [4.69, 9.17) is 0 Å². The first kappa shape index (κ1) is 5.04. The molecule has 0 aromatic heterocycles. The zero-order chi connectivity index (χ0) is 5.28. The molecule has 0 aromatic rings. The molecule has 0 unspecified atom stereocenters. The highest BCUT2D eigenvalue weighted by molar-refractivity contribution is 8.04. The quantitative estimate of drug-likeness (QED) is 0.468. The number of allylic oxidation sites excluding steroid dienone is 1. The Labute approximate surface area is 48.4 Å². The monoisotopic (exact) mass is 113 g/mol. The lowest BCUT2D eigenvalue weighted by molar-refractivity contribution is 0.560. The van der Waals surface area contributed by atoms with Gasteiger partial charge in [0.15, 0.2) is 5.88 Å². The molecular weight excluding hydrogens is 106 g/mol. The van der Waals surface area contributed by atoms with Crippen molar-refractivity contribution < 1.29 is 0 Å². The molecule has 0 atom stereocenters. The standard InChI is InChI=1S/C5H7NS/c1-5-3-7-4-6(5)2/h3H,1-2H3. The summed E-state index contributed by atoms with van der Waals surface area (Å²) in [4.78, 5) is 1.98. The maximum atomic E-state index is 3.03. The summed E-state index contributed by atoms with van der Waals surface area (Å²) < 4.78 is 0. The molecule has 1 rings (SSSR count). The first-order valence-electron chi connectivity index (χ1n) is 2.12. The number of hydrogen-bond donors (Lipinski definition) is 0. The minimum absolute atomic E-state index is 1.27. The largest absolute Gasteiger partial charge is 0.357 e. The van der Waals surface area contributed by atoms with Gasteiger partial charge in [0.25, 0.3) is 0 Å². The van der Waals surface area contributed by atoms with E-state index in [1.807, 2.05) is 11.9 Å². The molecule has 2 radical (unpaired) electrons. The number of rotatable bonds is 0. The van der Waals surface area contributed by atoms with Crippen molar-refractivity contribution in [2.75, 3.05) is 7.05 Å². The van der Waals surface area contributed by atoms with Crippen LogP contribution >= 0.6 is 11.8 Å². The molecule has 7 heavy (non-hydrogen) atoms. The van der Waals surface area contributed by atoms with Gasteiger partial charge in [-0.25, -0.2) is 0 Å². The molecule has 1 heterocycles. The van der Waals surface area contributed by atoms with Crippen LogP contribution in [0.4, 0.5) is 0 Å². The van der Waals surface area contributed by atoms with Crippen LogP contribution in [0, 0.1) is 5.88 Å². The lowest BCUT2D eigenvalue weighted by Crippen LogP contribution is -2.04. The molecule has 0 bridgehead atoms. The second-order valence-corrected chi connectivity index (χ2v) is 2.18. The summed E-state index contributed by atoms with van der Waals surface area (Å²) in [7, 11) is 1.99. The molecule has 1 aliphatic rings. The third-order valence-corrected chi connectivity index (χ3v) is 1.79. The van der Waals surface area contributed by atoms with E-state index in [9.17, 15) is 0 Å². The smallest absolute Gasteiger partial charge is 0.163 e. The van der Waals surface area contributed by atoms with Crippen molar-refractivity contribution in [2.45, 2.75) is 6.92 Å². The fourth-order valence-corrected chi connectivity index (χ4v) is 1.03. The van der Waals surface area contributed by atoms with Crippen molar-refractivity contribution in [3.63, 3.8) is 0 Å². The maximum absolute atomic E-state index is 3.03. The van der Waals surface area contributed by atoms with Crippen molar-refractivity contribution in [2.24, 2.45) is 0 Å². The molecule has 1 aliphatic heterocycles. The van der Waals surface area contributed by atoms with Crippen LogP contribution in [-0.2, 0) is 0 Å². The van der Waals surface area contributed by atoms with Gasteiger partial charge in [0.05, 0.1) is 0 Å². The van der Waals surface area contributed by atoms with Gasteiger partial charge in [-0.2, -0.15) is 0 Å². The Bertz CT molecular complexity index is 98.3. The topological polar surface area (TPSA) is 3.24 Å². The van der Waals surface area contributed by atoms with Gasteiger partial charge < -0.3 is 4.90 Å². The summed E-state index contributed by atoms with van der Waals surface area (Å²) in [6, 6.07) is 0. The molecule has 0 aliphatic carbocycles. The SMILES string of the molecule is CC1=CS[C]N1C. The summed E-state index contributed by atoms with van der Waals surface area (Å²) in [6.45, 7) is 2.06. The fourth-order valence-electron chi connectivity index (χ4n) is 0.342. The van der Waals surface area contributed by atoms with E-state index >= 15 is 0 Å². The predicted molar refractivity (Wildman–Crippen MR) is 32.4 cm³/mol. The summed E-state index contributed by atoms with van der Waals surface area (Å²) >= 11 is 1.60. The molecule has 1 nitrogen and oxygen atoms in total. The maximum Gasteiger partial charge on any atom is 0.163 e. The molecule has 0 N–H and O–H groups in total. The zero-order valence-corrected chi connectivity index (χ0v) is 5.25. The van der Waals surface area contributed by atoms with E-state index < -0.39 is 0 Å². The third kappa shape index (κ3) is 0.911.